The summed E-state index contributed by atoms with van der Waals surface area (Å²) in [5, 5.41) is 2.74. The molecule has 3 saturated heterocycles. The molecule has 51 heavy (non-hydrogen) atoms. The summed E-state index contributed by atoms with van der Waals surface area (Å²) in [6.07, 6.45) is 6.93. The standard InChI is InChI=1S/C11H10F2NO4PS.C9H18N2O.C8H16O.C5H11N.C2H6.CH2O/c1-14-10(15)9-5-6-4-7(2-3-8(6)20-9)11(12,13)19(16,17)18;1-10-3-2-9(8-10)11-4-6-12-7-5-11;1-7(2)8(3)5-4-6-9;1-6-4-2-3-5-6;2*1-2/h2-5H,1H3,(H,14,15)(H2,16,17,18);9H,2-8H2,1H3;6-8H,4-5H2,1-3H3;2-5H2,1H3;1-2H3;1H2/t;;8-;;;/m..0.../s1. The van der Waals surface area contributed by atoms with Gasteiger partial charge in [-0.25, -0.2) is 0 Å². The maximum Gasteiger partial charge on any atom is 0.399 e. The van der Waals surface area contributed by atoms with E-state index in [1.807, 2.05) is 20.6 Å². The number of ether oxygens (including phenoxy) is 1. The van der Waals surface area contributed by atoms with Gasteiger partial charge in [0, 0.05) is 49.4 Å². The summed E-state index contributed by atoms with van der Waals surface area (Å²) >= 11 is 1.11. The van der Waals surface area contributed by atoms with Gasteiger partial charge in [0.15, 0.2) is 0 Å². The lowest BCUT2D eigenvalue weighted by atomic mass is 9.94. The van der Waals surface area contributed by atoms with Crippen LogP contribution < -0.4 is 5.32 Å². The van der Waals surface area contributed by atoms with Crippen molar-refractivity contribution in [3.05, 3.63) is 34.7 Å². The number of rotatable bonds is 8. The van der Waals surface area contributed by atoms with E-state index in [2.05, 4.69) is 54.9 Å². The van der Waals surface area contributed by atoms with Gasteiger partial charge in [-0.2, -0.15) is 8.78 Å². The molecule has 1 aromatic heterocycles. The number of nitrogens with zero attached hydrogens (tertiary/aromatic N) is 3. The SMILES string of the molecule is C=O.CC.CC(C)[C@@H](C)CCC=O.CN1CCC(N2CCOCC2)C1.CN1CCCC1.CNC(=O)c1cc2cc(C(F)(F)P(=O)(O)O)ccc2s1. The van der Waals surface area contributed by atoms with Crippen LogP contribution in [0.25, 0.3) is 10.1 Å². The molecular formula is C36H63F2N4O7PS. The van der Waals surface area contributed by atoms with Crippen LogP contribution in [0.5, 0.6) is 0 Å². The van der Waals surface area contributed by atoms with E-state index in [0.717, 1.165) is 74.9 Å². The Morgan fingerprint density at radius 1 is 1.06 bits per heavy atom. The van der Waals surface area contributed by atoms with Gasteiger partial charge in [0.05, 0.1) is 18.1 Å². The first kappa shape index (κ1) is 48.8. The van der Waals surface area contributed by atoms with Crippen LogP contribution in [0.4, 0.5) is 8.78 Å². The highest BCUT2D eigenvalue weighted by Crippen LogP contribution is 2.59. The summed E-state index contributed by atoms with van der Waals surface area (Å²) in [4.78, 5) is 54.5. The predicted molar refractivity (Wildman–Crippen MR) is 204 cm³/mol. The fraction of sp³-hybridized carbons (Fsp3) is 0.694. The van der Waals surface area contributed by atoms with Crippen molar-refractivity contribution < 1.29 is 42.3 Å². The second-order valence-corrected chi connectivity index (χ2v) is 15.6. The number of benzene rings is 1. The van der Waals surface area contributed by atoms with E-state index in [1.165, 1.54) is 64.6 Å². The molecule has 0 bridgehead atoms. The van der Waals surface area contributed by atoms with E-state index >= 15 is 0 Å². The number of likely N-dealkylation sites (N-methyl/N-ethyl adjacent to an activating group) is 1. The summed E-state index contributed by atoms with van der Waals surface area (Å²) in [6.45, 7) is 21.9. The number of likely N-dealkylation sites (tertiary alicyclic amines) is 2. The Morgan fingerprint density at radius 2 is 1.65 bits per heavy atom. The molecule has 3 N–H and O–H groups in total. The molecule has 0 radical (unpaired) electrons. The van der Waals surface area contributed by atoms with Crippen LogP contribution in [-0.4, -0.2) is 123 Å². The van der Waals surface area contributed by atoms with E-state index in [4.69, 9.17) is 19.3 Å². The molecule has 3 fully saturated rings. The molecule has 3 aliphatic heterocycles. The molecule has 0 saturated carbocycles. The van der Waals surface area contributed by atoms with Crippen molar-refractivity contribution in [2.75, 3.05) is 73.6 Å². The second kappa shape index (κ2) is 25.8. The van der Waals surface area contributed by atoms with Crippen molar-refractivity contribution >= 4 is 48.0 Å². The van der Waals surface area contributed by atoms with Gasteiger partial charge < -0.3 is 39.2 Å². The number of hydrogen-bond acceptors (Lipinski definition) is 9. The molecule has 5 rings (SSSR count). The summed E-state index contributed by atoms with van der Waals surface area (Å²) in [5.74, 6) is 1.05. The van der Waals surface area contributed by atoms with Crippen molar-refractivity contribution in [2.45, 2.75) is 78.4 Å². The maximum atomic E-state index is 13.6. The highest BCUT2D eigenvalue weighted by atomic mass is 32.1. The number of halogens is 2. The normalized spacial score (nSPS) is 18.6. The Hall–Kier alpha value is -2.16. The largest absolute Gasteiger partial charge is 0.399 e. The van der Waals surface area contributed by atoms with Crippen LogP contribution in [0.15, 0.2) is 24.3 Å². The Kier molecular flexibility index (Phi) is 24.7. The molecule has 1 aromatic carbocycles. The topological polar surface area (TPSA) is 140 Å². The molecule has 3 aliphatic rings. The van der Waals surface area contributed by atoms with Crippen LogP contribution in [-0.2, 0) is 24.6 Å². The van der Waals surface area contributed by atoms with Gasteiger partial charge in [0.2, 0.25) is 0 Å². The van der Waals surface area contributed by atoms with E-state index < -0.39 is 18.8 Å². The summed E-state index contributed by atoms with van der Waals surface area (Å²) < 4.78 is 43.9. The minimum atomic E-state index is -5.60. The Labute approximate surface area is 308 Å². The molecule has 15 heteroatoms. The molecule has 2 aromatic rings. The molecular weight excluding hydrogens is 701 g/mol. The minimum Gasteiger partial charge on any atom is -0.379 e. The van der Waals surface area contributed by atoms with Crippen LogP contribution in [0.3, 0.4) is 0 Å². The van der Waals surface area contributed by atoms with Gasteiger partial charge >= 0.3 is 13.3 Å². The third kappa shape index (κ3) is 17.5. The zero-order valence-corrected chi connectivity index (χ0v) is 33.6. The molecule has 1 unspecified atom stereocenters. The molecule has 0 aliphatic carbocycles. The molecule has 0 spiro atoms. The van der Waals surface area contributed by atoms with Crippen LogP contribution in [0.1, 0.15) is 82.0 Å². The fourth-order valence-corrected chi connectivity index (χ4v) is 6.79. The van der Waals surface area contributed by atoms with Crippen molar-refractivity contribution in [3.8, 4) is 0 Å². The first-order chi connectivity index (χ1) is 24.1. The molecule has 2 atom stereocenters. The van der Waals surface area contributed by atoms with E-state index in [0.29, 0.717) is 26.8 Å². The van der Waals surface area contributed by atoms with Crippen molar-refractivity contribution in [1.29, 1.82) is 0 Å². The number of amides is 1. The number of hydrogen-bond donors (Lipinski definition) is 3. The second-order valence-electron chi connectivity index (χ2n) is 12.9. The lowest BCUT2D eigenvalue weighted by molar-refractivity contribution is -0.108. The average molecular weight is 765 g/mol. The van der Waals surface area contributed by atoms with Crippen molar-refractivity contribution in [2.24, 2.45) is 11.8 Å². The van der Waals surface area contributed by atoms with Crippen molar-refractivity contribution in [1.82, 2.24) is 20.0 Å². The molecule has 1 amide bonds. The highest BCUT2D eigenvalue weighted by molar-refractivity contribution is 7.52. The van der Waals surface area contributed by atoms with Gasteiger partial charge in [0.1, 0.15) is 13.1 Å². The number of thiophene rings is 1. The number of carbonyl (C=O) groups is 3. The monoisotopic (exact) mass is 764 g/mol. The smallest absolute Gasteiger partial charge is 0.379 e. The number of carbonyl (C=O) groups excluding carboxylic acids is 3. The molecule has 11 nitrogen and oxygen atoms in total. The van der Waals surface area contributed by atoms with E-state index in [1.54, 1.807) is 0 Å². The minimum absolute atomic E-state index is 0.333. The zero-order valence-electron chi connectivity index (χ0n) is 31.9. The number of nitrogens with one attached hydrogen (secondary N) is 1. The zero-order chi connectivity index (χ0) is 39.2. The first-order valence-corrected chi connectivity index (χ1v) is 20.1. The van der Waals surface area contributed by atoms with Gasteiger partial charge in [-0.15, -0.1) is 11.3 Å². The number of morpholine rings is 1. The summed E-state index contributed by atoms with van der Waals surface area (Å²) in [7, 11) is 0.231. The Morgan fingerprint density at radius 3 is 2.08 bits per heavy atom. The fourth-order valence-electron chi connectivity index (χ4n) is 5.33. The molecule has 4 heterocycles. The number of fused-ring (bicyclic) bond motifs is 1. The van der Waals surface area contributed by atoms with Crippen LogP contribution in [0.2, 0.25) is 0 Å². The highest BCUT2D eigenvalue weighted by Gasteiger charge is 2.50. The lowest BCUT2D eigenvalue weighted by Gasteiger charge is -2.31. The Balaban J connectivity index is 0.000000688. The maximum absolute atomic E-state index is 13.6. The third-order valence-corrected chi connectivity index (χ3v) is 10.9. The lowest BCUT2D eigenvalue weighted by Crippen LogP contribution is -2.44. The molecule has 294 valence electrons. The van der Waals surface area contributed by atoms with E-state index in [-0.39, 0.29) is 5.91 Å². The number of aldehydes is 1. The van der Waals surface area contributed by atoms with Gasteiger partial charge in [-0.3, -0.25) is 14.3 Å². The average Bonchev–Trinajstić information content (AvgIpc) is 3.90. The van der Waals surface area contributed by atoms with Gasteiger partial charge in [-0.05, 0) is 94.8 Å². The van der Waals surface area contributed by atoms with Gasteiger partial charge in [0.25, 0.3) is 5.91 Å². The van der Waals surface area contributed by atoms with Crippen LogP contribution in [0, 0.1) is 11.8 Å². The van der Waals surface area contributed by atoms with E-state index in [9.17, 15) is 22.9 Å². The summed E-state index contributed by atoms with van der Waals surface area (Å²) in [5.41, 5.74) is -5.03. The summed E-state index contributed by atoms with van der Waals surface area (Å²) in [6, 6.07) is 5.45. The quantitative estimate of drug-likeness (QED) is 0.207. The number of alkyl halides is 2. The third-order valence-electron chi connectivity index (χ3n) is 8.82. The first-order valence-electron chi connectivity index (χ1n) is 17.7. The van der Waals surface area contributed by atoms with Crippen LogP contribution >= 0.6 is 18.9 Å². The Bertz CT molecular complexity index is 1300. The van der Waals surface area contributed by atoms with Crippen molar-refractivity contribution in [3.63, 3.8) is 0 Å². The predicted octanol–water partition coefficient (Wildman–Crippen LogP) is 6.32. The van der Waals surface area contributed by atoms with Gasteiger partial charge in [-0.1, -0.05) is 40.7 Å².